The molecule has 0 aliphatic carbocycles. The first-order valence-electron chi connectivity index (χ1n) is 9.47. The number of rotatable bonds is 2. The van der Waals surface area contributed by atoms with Gasteiger partial charge in [0, 0.05) is 10.9 Å². The molecule has 0 spiro atoms. The van der Waals surface area contributed by atoms with Crippen LogP contribution in [0.25, 0.3) is 0 Å². The van der Waals surface area contributed by atoms with Crippen molar-refractivity contribution >= 4 is 11.6 Å². The summed E-state index contributed by atoms with van der Waals surface area (Å²) in [4.78, 5) is 0. The first-order chi connectivity index (χ1) is 13.0. The van der Waals surface area contributed by atoms with Crippen LogP contribution in [0, 0.1) is 0 Å². The van der Waals surface area contributed by atoms with E-state index >= 15 is 0 Å². The van der Waals surface area contributed by atoms with Gasteiger partial charge in [0.05, 0.1) is 12.2 Å². The van der Waals surface area contributed by atoms with Crippen molar-refractivity contribution in [3.05, 3.63) is 70.7 Å². The van der Waals surface area contributed by atoms with Gasteiger partial charge in [-0.3, -0.25) is 0 Å². The standard InChI is InChI=1S/C22H23ClO4/c1-22(2)26-20-19-18(25-21(20)27-22)16(13-7-4-3-5-8-13)12-17(24-19)14-9-6-10-15(23)11-14/h3-11,16-21H,12H2,1-2H3/t16-,17+,18+,19-,20+,21+/m0/s1. The molecule has 6 atom stereocenters. The quantitative estimate of drug-likeness (QED) is 0.740. The molecule has 5 heteroatoms. The van der Waals surface area contributed by atoms with Gasteiger partial charge in [-0.1, -0.05) is 54.1 Å². The fourth-order valence-electron chi connectivity index (χ4n) is 4.54. The summed E-state index contributed by atoms with van der Waals surface area (Å²) in [5.41, 5.74) is 2.34. The fourth-order valence-corrected chi connectivity index (χ4v) is 4.74. The first-order valence-corrected chi connectivity index (χ1v) is 9.85. The van der Waals surface area contributed by atoms with Crippen LogP contribution in [0.15, 0.2) is 54.6 Å². The number of ether oxygens (including phenoxy) is 4. The Morgan fingerprint density at radius 1 is 0.852 bits per heavy atom. The van der Waals surface area contributed by atoms with E-state index in [-0.39, 0.29) is 36.6 Å². The summed E-state index contributed by atoms with van der Waals surface area (Å²) in [5.74, 6) is -0.454. The largest absolute Gasteiger partial charge is 0.365 e. The highest BCUT2D eigenvalue weighted by molar-refractivity contribution is 6.30. The van der Waals surface area contributed by atoms with Crippen LogP contribution < -0.4 is 0 Å². The molecule has 0 saturated carbocycles. The van der Waals surface area contributed by atoms with Crippen LogP contribution >= 0.6 is 11.6 Å². The second-order valence-corrected chi connectivity index (χ2v) is 8.40. The molecule has 0 aromatic heterocycles. The Morgan fingerprint density at radius 2 is 1.63 bits per heavy atom. The van der Waals surface area contributed by atoms with E-state index in [4.69, 9.17) is 30.5 Å². The highest BCUT2D eigenvalue weighted by Crippen LogP contribution is 2.50. The van der Waals surface area contributed by atoms with Gasteiger partial charge in [-0.25, -0.2) is 0 Å². The molecule has 0 bridgehead atoms. The fraction of sp³-hybridized carbons (Fsp3) is 0.455. The third kappa shape index (κ3) is 3.20. The number of hydrogen-bond acceptors (Lipinski definition) is 4. The second kappa shape index (κ2) is 6.57. The van der Waals surface area contributed by atoms with Crippen molar-refractivity contribution in [3.63, 3.8) is 0 Å². The molecule has 4 nitrogen and oxygen atoms in total. The Labute approximate surface area is 164 Å². The summed E-state index contributed by atoms with van der Waals surface area (Å²) in [7, 11) is 0. The van der Waals surface area contributed by atoms with Gasteiger partial charge in [0.15, 0.2) is 12.1 Å². The molecule has 3 heterocycles. The smallest absolute Gasteiger partial charge is 0.190 e. The van der Waals surface area contributed by atoms with Gasteiger partial charge in [0.25, 0.3) is 0 Å². The van der Waals surface area contributed by atoms with Crippen molar-refractivity contribution in [2.75, 3.05) is 0 Å². The third-order valence-electron chi connectivity index (χ3n) is 5.66. The van der Waals surface area contributed by atoms with Crippen LogP contribution in [0.3, 0.4) is 0 Å². The zero-order valence-electron chi connectivity index (χ0n) is 15.4. The molecule has 3 aliphatic heterocycles. The predicted octanol–water partition coefficient (Wildman–Crippen LogP) is 4.83. The Bertz CT molecular complexity index is 824. The predicted molar refractivity (Wildman–Crippen MR) is 102 cm³/mol. The lowest BCUT2D eigenvalue weighted by Gasteiger charge is -2.40. The normalized spacial score (nSPS) is 37.0. The van der Waals surface area contributed by atoms with E-state index in [1.165, 1.54) is 5.56 Å². The lowest BCUT2D eigenvalue weighted by Crippen LogP contribution is -2.44. The van der Waals surface area contributed by atoms with Crippen molar-refractivity contribution in [1.82, 2.24) is 0 Å². The van der Waals surface area contributed by atoms with Crippen LogP contribution in [0.1, 0.15) is 43.4 Å². The molecule has 3 saturated heterocycles. The van der Waals surface area contributed by atoms with Gasteiger partial charge in [-0.2, -0.15) is 0 Å². The molecule has 5 rings (SSSR count). The molecular formula is C22H23ClO4. The monoisotopic (exact) mass is 386 g/mol. The number of hydrogen-bond donors (Lipinski definition) is 0. The van der Waals surface area contributed by atoms with Gasteiger partial charge in [-0.05, 0) is 43.5 Å². The van der Waals surface area contributed by atoms with E-state index < -0.39 is 5.79 Å². The zero-order chi connectivity index (χ0) is 18.6. The highest BCUT2D eigenvalue weighted by Gasteiger charge is 2.59. The Morgan fingerprint density at radius 3 is 2.41 bits per heavy atom. The maximum Gasteiger partial charge on any atom is 0.190 e. The summed E-state index contributed by atoms with van der Waals surface area (Å²) >= 11 is 6.23. The minimum atomic E-state index is -0.658. The average molecular weight is 387 g/mol. The maximum atomic E-state index is 6.52. The second-order valence-electron chi connectivity index (χ2n) is 7.97. The molecule has 142 valence electrons. The highest BCUT2D eigenvalue weighted by atomic mass is 35.5. The molecule has 0 amide bonds. The van der Waals surface area contributed by atoms with Crippen molar-refractivity contribution in [2.45, 2.75) is 62.7 Å². The van der Waals surface area contributed by atoms with E-state index in [1.54, 1.807) is 0 Å². The van der Waals surface area contributed by atoms with Gasteiger partial charge in [0.2, 0.25) is 0 Å². The van der Waals surface area contributed by atoms with Gasteiger partial charge in [0.1, 0.15) is 12.2 Å². The lowest BCUT2D eigenvalue weighted by atomic mass is 9.81. The molecule has 27 heavy (non-hydrogen) atoms. The van der Waals surface area contributed by atoms with E-state index in [0.717, 1.165) is 17.0 Å². The molecule has 3 fully saturated rings. The van der Waals surface area contributed by atoms with Crippen molar-refractivity contribution in [2.24, 2.45) is 0 Å². The van der Waals surface area contributed by atoms with Crippen molar-refractivity contribution in [1.29, 1.82) is 0 Å². The topological polar surface area (TPSA) is 36.9 Å². The summed E-state index contributed by atoms with van der Waals surface area (Å²) < 4.78 is 24.9. The third-order valence-corrected chi connectivity index (χ3v) is 5.90. The number of fused-ring (bicyclic) bond motifs is 3. The minimum Gasteiger partial charge on any atom is -0.365 e. The molecular weight excluding hydrogens is 364 g/mol. The zero-order valence-corrected chi connectivity index (χ0v) is 16.1. The van der Waals surface area contributed by atoms with Gasteiger partial charge < -0.3 is 18.9 Å². The first kappa shape index (κ1) is 17.7. The summed E-state index contributed by atoms with van der Waals surface area (Å²) in [6, 6.07) is 18.4. The average Bonchev–Trinajstić information content (AvgIpc) is 3.13. The summed E-state index contributed by atoms with van der Waals surface area (Å²) in [6.07, 6.45) is -0.120. The van der Waals surface area contributed by atoms with Gasteiger partial charge in [-0.15, -0.1) is 0 Å². The summed E-state index contributed by atoms with van der Waals surface area (Å²) in [5, 5.41) is 0.719. The molecule has 0 radical (unpaired) electrons. The van der Waals surface area contributed by atoms with E-state index in [2.05, 4.69) is 30.3 Å². The Hall–Kier alpha value is -1.43. The van der Waals surface area contributed by atoms with Gasteiger partial charge >= 0.3 is 0 Å². The van der Waals surface area contributed by atoms with Crippen LogP contribution in [0.4, 0.5) is 0 Å². The molecule has 0 N–H and O–H groups in total. The van der Waals surface area contributed by atoms with E-state index in [1.807, 2.05) is 38.1 Å². The number of halogens is 1. The molecule has 2 aromatic rings. The SMILES string of the molecule is CC1(C)O[C@H]2O[C@H]3[C@H](O[C@@H](c4cccc(Cl)c4)C[C@H]3c3ccccc3)[C@H]2O1. The minimum absolute atomic E-state index is 0.0650. The maximum absolute atomic E-state index is 6.52. The molecule has 3 aliphatic rings. The Kier molecular flexibility index (Phi) is 4.30. The van der Waals surface area contributed by atoms with Crippen LogP contribution in [-0.2, 0) is 18.9 Å². The molecule has 0 unspecified atom stereocenters. The van der Waals surface area contributed by atoms with Crippen molar-refractivity contribution < 1.29 is 18.9 Å². The Balaban J connectivity index is 1.50. The van der Waals surface area contributed by atoms with Crippen LogP contribution in [-0.4, -0.2) is 30.4 Å². The number of benzene rings is 2. The van der Waals surface area contributed by atoms with E-state index in [9.17, 15) is 0 Å². The lowest BCUT2D eigenvalue weighted by molar-refractivity contribution is -0.235. The molecule has 2 aromatic carbocycles. The van der Waals surface area contributed by atoms with E-state index in [0.29, 0.717) is 0 Å². The van der Waals surface area contributed by atoms with Crippen molar-refractivity contribution in [3.8, 4) is 0 Å². The summed E-state index contributed by atoms with van der Waals surface area (Å²) in [6.45, 7) is 3.82. The van der Waals surface area contributed by atoms with Crippen LogP contribution in [0.5, 0.6) is 0 Å². The van der Waals surface area contributed by atoms with Crippen LogP contribution in [0.2, 0.25) is 5.02 Å².